The molecule has 0 saturated carbocycles. The van der Waals surface area contributed by atoms with E-state index in [-0.39, 0.29) is 16.6 Å². The molecule has 1 amide bonds. The molecule has 0 aromatic heterocycles. The molecule has 8 nitrogen and oxygen atoms in total. The van der Waals surface area contributed by atoms with E-state index in [0.717, 1.165) is 0 Å². The highest BCUT2D eigenvalue weighted by atomic mass is 35.5. The Labute approximate surface area is 189 Å². The van der Waals surface area contributed by atoms with Crippen LogP contribution in [0, 0.1) is 16.0 Å². The third kappa shape index (κ3) is 5.45. The van der Waals surface area contributed by atoms with Crippen molar-refractivity contribution in [1.82, 2.24) is 0 Å². The van der Waals surface area contributed by atoms with E-state index < -0.39 is 22.9 Å². The summed E-state index contributed by atoms with van der Waals surface area (Å²) in [5, 5.41) is 14.4. The Hall–Kier alpha value is -2.84. The molecule has 0 spiro atoms. The fourth-order valence-corrected chi connectivity index (χ4v) is 3.75. The number of piperidine rings is 1. The number of amides is 1. The van der Waals surface area contributed by atoms with E-state index in [1.165, 1.54) is 13.0 Å². The number of nitrogens with zero attached hydrogens (tertiary/aromatic N) is 2. The summed E-state index contributed by atoms with van der Waals surface area (Å²) in [6.07, 6.45) is -0.0746. The monoisotopic (exact) mass is 465 g/mol. The van der Waals surface area contributed by atoms with Gasteiger partial charge in [-0.1, -0.05) is 41.4 Å². The molecule has 10 heteroatoms. The highest BCUT2D eigenvalue weighted by Crippen LogP contribution is 2.32. The van der Waals surface area contributed by atoms with Gasteiger partial charge < -0.3 is 15.0 Å². The van der Waals surface area contributed by atoms with Gasteiger partial charge in [-0.3, -0.25) is 19.7 Å². The molecular weight excluding hydrogens is 445 g/mol. The van der Waals surface area contributed by atoms with Crippen molar-refractivity contribution >= 4 is 52.1 Å². The summed E-state index contributed by atoms with van der Waals surface area (Å²) in [4.78, 5) is 37.6. The predicted molar refractivity (Wildman–Crippen MR) is 119 cm³/mol. The van der Waals surface area contributed by atoms with Crippen molar-refractivity contribution in [3.8, 4) is 0 Å². The Morgan fingerprint density at radius 3 is 2.52 bits per heavy atom. The molecule has 2 aromatic rings. The van der Waals surface area contributed by atoms with E-state index in [1.807, 2.05) is 4.90 Å². The van der Waals surface area contributed by atoms with Crippen LogP contribution in [0.4, 0.5) is 17.1 Å². The quantitative estimate of drug-likeness (QED) is 0.377. The first kappa shape index (κ1) is 22.8. The van der Waals surface area contributed by atoms with Crippen molar-refractivity contribution in [2.75, 3.05) is 23.3 Å². The van der Waals surface area contributed by atoms with Crippen LogP contribution in [0.1, 0.15) is 19.8 Å². The van der Waals surface area contributed by atoms with Crippen LogP contribution in [0.3, 0.4) is 0 Å². The number of halogens is 2. The number of carbonyl (C=O) groups excluding carboxylic acids is 2. The number of anilines is 2. The number of rotatable bonds is 6. The first-order chi connectivity index (χ1) is 14.8. The zero-order chi connectivity index (χ0) is 22.5. The van der Waals surface area contributed by atoms with Crippen molar-refractivity contribution in [2.24, 2.45) is 5.92 Å². The highest BCUT2D eigenvalue weighted by Gasteiger charge is 2.31. The molecule has 1 saturated heterocycles. The molecule has 0 bridgehead atoms. The standard InChI is InChI=1S/C21H21Cl2N3O5/c1-13(20(27)24-16-6-4-5-15(22)19(16)23)31-21(28)14-9-11-25(12-10-14)17-7-2-3-8-18(17)26(29)30/h2-8,13-14H,9-12H2,1H3,(H,24,27). The van der Waals surface area contributed by atoms with Crippen LogP contribution in [-0.2, 0) is 14.3 Å². The molecule has 0 radical (unpaired) electrons. The predicted octanol–water partition coefficient (Wildman–Crippen LogP) is 4.69. The minimum absolute atomic E-state index is 0.0356. The van der Waals surface area contributed by atoms with Crippen LogP contribution >= 0.6 is 23.2 Å². The van der Waals surface area contributed by atoms with Crippen LogP contribution in [-0.4, -0.2) is 36.0 Å². The zero-order valence-electron chi connectivity index (χ0n) is 16.7. The lowest BCUT2D eigenvalue weighted by atomic mass is 9.96. The van der Waals surface area contributed by atoms with Gasteiger partial charge in [-0.15, -0.1) is 0 Å². The average Bonchev–Trinajstić information content (AvgIpc) is 2.76. The molecule has 164 valence electrons. The first-order valence-electron chi connectivity index (χ1n) is 9.71. The number of nitro groups is 1. The largest absolute Gasteiger partial charge is 0.452 e. The topological polar surface area (TPSA) is 102 Å². The van der Waals surface area contributed by atoms with E-state index >= 15 is 0 Å². The van der Waals surface area contributed by atoms with Gasteiger partial charge in [0.25, 0.3) is 11.6 Å². The lowest BCUT2D eigenvalue weighted by Gasteiger charge is -2.32. The molecule has 1 aliphatic heterocycles. The van der Waals surface area contributed by atoms with E-state index in [1.54, 1.807) is 36.4 Å². The lowest BCUT2D eigenvalue weighted by molar-refractivity contribution is -0.384. The minimum Gasteiger partial charge on any atom is -0.452 e. The van der Waals surface area contributed by atoms with Crippen LogP contribution < -0.4 is 10.2 Å². The average molecular weight is 466 g/mol. The van der Waals surface area contributed by atoms with Gasteiger partial charge >= 0.3 is 5.97 Å². The van der Waals surface area contributed by atoms with E-state index in [0.29, 0.717) is 42.3 Å². The van der Waals surface area contributed by atoms with Crippen LogP contribution in [0.15, 0.2) is 42.5 Å². The summed E-state index contributed by atoms with van der Waals surface area (Å²) in [6.45, 7) is 2.43. The van der Waals surface area contributed by atoms with E-state index in [2.05, 4.69) is 5.32 Å². The maximum Gasteiger partial charge on any atom is 0.309 e. The smallest absolute Gasteiger partial charge is 0.309 e. The Balaban J connectivity index is 1.54. The Kier molecular flexibility index (Phi) is 7.35. The molecule has 2 aromatic carbocycles. The summed E-state index contributed by atoms with van der Waals surface area (Å²) < 4.78 is 5.34. The van der Waals surface area contributed by atoms with Crippen molar-refractivity contribution < 1.29 is 19.2 Å². The van der Waals surface area contributed by atoms with Gasteiger partial charge in [0.15, 0.2) is 6.10 Å². The summed E-state index contributed by atoms with van der Waals surface area (Å²) in [6, 6.07) is 11.4. The SMILES string of the molecule is CC(OC(=O)C1CCN(c2ccccc2[N+](=O)[O-])CC1)C(=O)Nc1cccc(Cl)c1Cl. The molecule has 1 N–H and O–H groups in total. The summed E-state index contributed by atoms with van der Waals surface area (Å²) in [5.41, 5.74) is 0.902. The molecule has 1 heterocycles. The summed E-state index contributed by atoms with van der Waals surface area (Å²) in [5.74, 6) is -1.37. The zero-order valence-corrected chi connectivity index (χ0v) is 18.2. The maximum atomic E-state index is 12.5. The number of nitro benzene ring substituents is 1. The van der Waals surface area contributed by atoms with Gasteiger partial charge in [-0.25, -0.2) is 0 Å². The van der Waals surface area contributed by atoms with Crippen LogP contribution in [0.25, 0.3) is 0 Å². The van der Waals surface area contributed by atoms with Crippen molar-refractivity contribution in [3.05, 3.63) is 62.6 Å². The maximum absolute atomic E-state index is 12.5. The highest BCUT2D eigenvalue weighted by molar-refractivity contribution is 6.44. The van der Waals surface area contributed by atoms with Crippen molar-refractivity contribution in [1.29, 1.82) is 0 Å². The van der Waals surface area contributed by atoms with Crippen LogP contribution in [0.2, 0.25) is 10.0 Å². The van der Waals surface area contributed by atoms with Gasteiger partial charge in [-0.05, 0) is 38.0 Å². The minimum atomic E-state index is -1.02. The van der Waals surface area contributed by atoms with Crippen molar-refractivity contribution in [2.45, 2.75) is 25.9 Å². The second-order valence-electron chi connectivity index (χ2n) is 7.18. The number of nitrogens with one attached hydrogen (secondary N) is 1. The molecule has 1 atom stereocenters. The molecular formula is C21H21Cl2N3O5. The fourth-order valence-electron chi connectivity index (χ4n) is 3.40. The van der Waals surface area contributed by atoms with Gasteiger partial charge in [0.05, 0.1) is 26.6 Å². The molecule has 31 heavy (non-hydrogen) atoms. The Morgan fingerprint density at radius 2 is 1.84 bits per heavy atom. The van der Waals surface area contributed by atoms with Gasteiger partial charge in [0, 0.05) is 19.2 Å². The molecule has 1 fully saturated rings. The number of carbonyl (C=O) groups is 2. The molecule has 1 aliphatic rings. The number of hydrogen-bond acceptors (Lipinski definition) is 6. The Bertz CT molecular complexity index is 993. The van der Waals surface area contributed by atoms with Gasteiger partial charge in [-0.2, -0.15) is 0 Å². The second-order valence-corrected chi connectivity index (χ2v) is 7.96. The third-order valence-electron chi connectivity index (χ3n) is 5.12. The first-order valence-corrected chi connectivity index (χ1v) is 10.5. The molecule has 0 aliphatic carbocycles. The van der Waals surface area contributed by atoms with Gasteiger partial charge in [0.2, 0.25) is 0 Å². The Morgan fingerprint density at radius 1 is 1.16 bits per heavy atom. The summed E-state index contributed by atoms with van der Waals surface area (Å²) in [7, 11) is 0. The molecule has 3 rings (SSSR count). The normalized spacial score (nSPS) is 15.3. The van der Waals surface area contributed by atoms with Crippen LogP contribution in [0.5, 0.6) is 0 Å². The number of para-hydroxylation sites is 2. The number of benzene rings is 2. The molecule has 1 unspecified atom stereocenters. The summed E-state index contributed by atoms with van der Waals surface area (Å²) >= 11 is 12.0. The van der Waals surface area contributed by atoms with E-state index in [9.17, 15) is 19.7 Å². The van der Waals surface area contributed by atoms with Gasteiger partial charge in [0.1, 0.15) is 5.69 Å². The number of esters is 1. The number of ether oxygens (including phenoxy) is 1. The second kappa shape index (κ2) is 9.98. The fraction of sp³-hybridized carbons (Fsp3) is 0.333. The lowest BCUT2D eigenvalue weighted by Crippen LogP contribution is -2.39. The third-order valence-corrected chi connectivity index (χ3v) is 5.94. The van der Waals surface area contributed by atoms with E-state index in [4.69, 9.17) is 27.9 Å². The number of hydrogen-bond donors (Lipinski definition) is 1. The van der Waals surface area contributed by atoms with Crippen molar-refractivity contribution in [3.63, 3.8) is 0 Å².